The van der Waals surface area contributed by atoms with Crippen LogP contribution in [0.1, 0.15) is 25.7 Å². The molecule has 5 unspecified atom stereocenters. The average molecular weight is 150 g/mol. The fourth-order valence-electron chi connectivity index (χ4n) is 4.00. The highest BCUT2D eigenvalue weighted by atomic mass is 16.1. The van der Waals surface area contributed by atoms with Gasteiger partial charge in [0.2, 0.25) is 0 Å². The minimum absolute atomic E-state index is 0.471. The molecule has 1 nitrogen and oxygen atoms in total. The van der Waals surface area contributed by atoms with Crippen LogP contribution in [0.3, 0.4) is 0 Å². The first-order chi connectivity index (χ1) is 5.38. The maximum Gasteiger partial charge on any atom is 0.123 e. The highest BCUT2D eigenvalue weighted by Crippen LogP contribution is 2.60. The minimum Gasteiger partial charge on any atom is -0.303 e. The molecule has 4 aliphatic carbocycles. The molecule has 11 heavy (non-hydrogen) atoms. The summed E-state index contributed by atoms with van der Waals surface area (Å²) >= 11 is 0. The molecule has 0 aromatic heterocycles. The van der Waals surface area contributed by atoms with E-state index in [4.69, 9.17) is 0 Å². The molecule has 0 aromatic carbocycles. The summed E-state index contributed by atoms with van der Waals surface area (Å²) in [5, 5.41) is 0. The van der Waals surface area contributed by atoms with Crippen LogP contribution in [0.2, 0.25) is 0 Å². The first-order valence-electron chi connectivity index (χ1n) is 4.84. The second-order valence-corrected chi connectivity index (χ2v) is 4.71. The van der Waals surface area contributed by atoms with Gasteiger partial charge in [-0.2, -0.15) is 0 Å². The van der Waals surface area contributed by atoms with E-state index in [2.05, 4.69) is 0 Å². The Morgan fingerprint density at radius 2 is 1.82 bits per heavy atom. The van der Waals surface area contributed by atoms with Gasteiger partial charge in [-0.1, -0.05) is 0 Å². The molecule has 1 heteroatoms. The normalized spacial score (nSPS) is 58.7. The van der Waals surface area contributed by atoms with Crippen molar-refractivity contribution in [3.8, 4) is 0 Å². The lowest BCUT2D eigenvalue weighted by Crippen LogP contribution is -2.23. The van der Waals surface area contributed by atoms with Crippen molar-refractivity contribution in [3.05, 3.63) is 0 Å². The molecule has 4 fully saturated rings. The van der Waals surface area contributed by atoms with Crippen LogP contribution in [0.5, 0.6) is 0 Å². The van der Waals surface area contributed by atoms with E-state index in [0.29, 0.717) is 5.92 Å². The molecule has 4 bridgehead atoms. The predicted octanol–water partition coefficient (Wildman–Crippen LogP) is 1.87. The molecule has 5 atom stereocenters. The van der Waals surface area contributed by atoms with E-state index in [9.17, 15) is 4.79 Å². The lowest BCUT2D eigenvalue weighted by Gasteiger charge is -2.28. The molecular formula is C10H14O. The van der Waals surface area contributed by atoms with E-state index in [1.54, 1.807) is 0 Å². The van der Waals surface area contributed by atoms with E-state index in [1.165, 1.54) is 32.0 Å². The zero-order chi connectivity index (χ0) is 7.42. The quantitative estimate of drug-likeness (QED) is 0.521. The Hall–Kier alpha value is -0.330. The fourth-order valence-corrected chi connectivity index (χ4v) is 4.00. The Morgan fingerprint density at radius 1 is 1.00 bits per heavy atom. The third-order valence-corrected chi connectivity index (χ3v) is 4.28. The van der Waals surface area contributed by atoms with Gasteiger partial charge in [-0.3, -0.25) is 0 Å². The molecule has 4 saturated carbocycles. The van der Waals surface area contributed by atoms with Crippen LogP contribution in [0.25, 0.3) is 0 Å². The average Bonchev–Trinajstić information content (AvgIpc) is 2.40. The third-order valence-electron chi connectivity index (χ3n) is 4.28. The lowest BCUT2D eigenvalue weighted by molar-refractivity contribution is -0.114. The van der Waals surface area contributed by atoms with Crippen molar-refractivity contribution < 1.29 is 4.79 Å². The van der Waals surface area contributed by atoms with Crippen molar-refractivity contribution in [3.63, 3.8) is 0 Å². The third kappa shape index (κ3) is 0.646. The maximum atomic E-state index is 10.8. The van der Waals surface area contributed by atoms with E-state index < -0.39 is 0 Å². The van der Waals surface area contributed by atoms with Gasteiger partial charge in [-0.15, -0.1) is 0 Å². The highest BCUT2D eigenvalue weighted by Gasteiger charge is 2.53. The molecule has 0 amide bonds. The second-order valence-electron chi connectivity index (χ2n) is 4.71. The molecule has 0 aliphatic heterocycles. The highest BCUT2D eigenvalue weighted by molar-refractivity contribution is 5.56. The summed E-state index contributed by atoms with van der Waals surface area (Å²) in [6.45, 7) is 0. The number of hydrogen-bond acceptors (Lipinski definition) is 1. The Bertz CT molecular complexity index is 195. The van der Waals surface area contributed by atoms with Crippen LogP contribution < -0.4 is 0 Å². The van der Waals surface area contributed by atoms with Crippen LogP contribution >= 0.6 is 0 Å². The summed E-state index contributed by atoms with van der Waals surface area (Å²) in [4.78, 5) is 10.8. The number of aldehydes is 1. The standard InChI is InChI=1S/C10H14O/c11-5-10-8-2-6-1-7(4-8)9(10)3-6/h5-10H,1-4H2. The summed E-state index contributed by atoms with van der Waals surface area (Å²) < 4.78 is 0. The first-order valence-corrected chi connectivity index (χ1v) is 4.84. The van der Waals surface area contributed by atoms with Crippen LogP contribution in [0.15, 0.2) is 0 Å². The van der Waals surface area contributed by atoms with Gasteiger partial charge >= 0.3 is 0 Å². The van der Waals surface area contributed by atoms with Gasteiger partial charge < -0.3 is 4.79 Å². The van der Waals surface area contributed by atoms with Crippen LogP contribution in [-0.2, 0) is 4.79 Å². The monoisotopic (exact) mass is 150 g/mol. The van der Waals surface area contributed by atoms with Gasteiger partial charge in [0.15, 0.2) is 0 Å². The zero-order valence-corrected chi connectivity index (χ0v) is 6.70. The summed E-state index contributed by atoms with van der Waals surface area (Å²) in [7, 11) is 0. The summed E-state index contributed by atoms with van der Waals surface area (Å²) in [5.41, 5.74) is 0. The van der Waals surface area contributed by atoms with Gasteiger partial charge in [-0.25, -0.2) is 0 Å². The van der Waals surface area contributed by atoms with Crippen molar-refractivity contribution in [2.45, 2.75) is 25.7 Å². The predicted molar refractivity (Wildman–Crippen MR) is 42.0 cm³/mol. The molecule has 4 aliphatic rings. The van der Waals surface area contributed by atoms with Crippen molar-refractivity contribution in [1.29, 1.82) is 0 Å². The zero-order valence-electron chi connectivity index (χ0n) is 6.70. The summed E-state index contributed by atoms with van der Waals surface area (Å²) in [6.07, 6.45) is 6.83. The van der Waals surface area contributed by atoms with Gasteiger partial charge in [0.1, 0.15) is 6.29 Å². The maximum absolute atomic E-state index is 10.8. The van der Waals surface area contributed by atoms with Crippen LogP contribution in [0.4, 0.5) is 0 Å². The Kier molecular flexibility index (Phi) is 1.06. The smallest absolute Gasteiger partial charge is 0.123 e. The van der Waals surface area contributed by atoms with E-state index in [-0.39, 0.29) is 0 Å². The van der Waals surface area contributed by atoms with Gasteiger partial charge in [0.05, 0.1) is 0 Å². The summed E-state index contributed by atoms with van der Waals surface area (Å²) in [5.74, 6) is 4.05. The Labute approximate surface area is 67.2 Å². The van der Waals surface area contributed by atoms with Gasteiger partial charge in [0, 0.05) is 5.92 Å². The SMILES string of the molecule is O=CC1C2CC3CC(C2)C1C3. The molecule has 0 saturated heterocycles. The van der Waals surface area contributed by atoms with Crippen molar-refractivity contribution in [1.82, 2.24) is 0 Å². The first kappa shape index (κ1) is 6.22. The van der Waals surface area contributed by atoms with Crippen LogP contribution in [0, 0.1) is 29.6 Å². The lowest BCUT2D eigenvalue weighted by atomic mass is 9.76. The summed E-state index contributed by atoms with van der Waals surface area (Å²) in [6, 6.07) is 0. The number of carbonyl (C=O) groups excluding carboxylic acids is 1. The van der Waals surface area contributed by atoms with E-state index in [1.807, 2.05) is 0 Å². The molecule has 0 spiro atoms. The molecule has 0 heterocycles. The minimum atomic E-state index is 0.471. The largest absolute Gasteiger partial charge is 0.303 e. The number of rotatable bonds is 1. The Morgan fingerprint density at radius 3 is 2.55 bits per heavy atom. The van der Waals surface area contributed by atoms with Crippen molar-refractivity contribution in [2.75, 3.05) is 0 Å². The van der Waals surface area contributed by atoms with E-state index in [0.717, 1.165) is 23.7 Å². The number of hydrogen-bond donors (Lipinski definition) is 0. The molecular weight excluding hydrogens is 136 g/mol. The van der Waals surface area contributed by atoms with Crippen LogP contribution in [-0.4, -0.2) is 6.29 Å². The molecule has 0 radical (unpaired) electrons. The number of carbonyl (C=O) groups is 1. The molecule has 60 valence electrons. The Balaban J connectivity index is 1.96. The fraction of sp³-hybridized carbons (Fsp3) is 0.900. The van der Waals surface area contributed by atoms with Gasteiger partial charge in [0.25, 0.3) is 0 Å². The molecule has 0 aromatic rings. The molecule has 0 N–H and O–H groups in total. The topological polar surface area (TPSA) is 17.1 Å². The molecule has 4 rings (SSSR count). The van der Waals surface area contributed by atoms with Crippen molar-refractivity contribution in [2.24, 2.45) is 29.6 Å². The van der Waals surface area contributed by atoms with E-state index >= 15 is 0 Å². The van der Waals surface area contributed by atoms with Crippen molar-refractivity contribution >= 4 is 6.29 Å². The van der Waals surface area contributed by atoms with Gasteiger partial charge in [-0.05, 0) is 49.4 Å². The second kappa shape index (κ2) is 1.88.